The molecular formula is C27H25ClN4O3. The number of rotatable bonds is 7. The largest absolute Gasteiger partial charge is 0.457 e. The number of anilines is 1. The van der Waals surface area contributed by atoms with Crippen molar-refractivity contribution in [3.05, 3.63) is 89.8 Å². The summed E-state index contributed by atoms with van der Waals surface area (Å²) >= 11 is 6.06. The van der Waals surface area contributed by atoms with Crippen molar-refractivity contribution in [2.75, 3.05) is 18.4 Å². The highest BCUT2D eigenvalue weighted by molar-refractivity contribution is 6.30. The van der Waals surface area contributed by atoms with Gasteiger partial charge in [0.2, 0.25) is 17.6 Å². The number of piperidine rings is 1. The maximum Gasteiger partial charge on any atom is 0.241 e. The first-order valence-corrected chi connectivity index (χ1v) is 11.9. The normalized spacial score (nSPS) is 16.1. The Hall–Kier alpha value is -3.68. The minimum Gasteiger partial charge on any atom is -0.457 e. The Morgan fingerprint density at radius 2 is 1.86 bits per heavy atom. The molecule has 4 aromatic rings. The van der Waals surface area contributed by atoms with E-state index in [0.29, 0.717) is 29.8 Å². The van der Waals surface area contributed by atoms with Crippen LogP contribution in [-0.2, 0) is 11.3 Å². The van der Waals surface area contributed by atoms with Gasteiger partial charge in [0.25, 0.3) is 0 Å². The third-order valence-corrected chi connectivity index (χ3v) is 6.12. The predicted molar refractivity (Wildman–Crippen MR) is 134 cm³/mol. The molecule has 1 atom stereocenters. The lowest BCUT2D eigenvalue weighted by molar-refractivity contribution is -0.121. The van der Waals surface area contributed by atoms with E-state index in [1.807, 2.05) is 66.7 Å². The van der Waals surface area contributed by atoms with Crippen LogP contribution in [-0.4, -0.2) is 34.0 Å². The Morgan fingerprint density at radius 3 is 2.66 bits per heavy atom. The molecule has 0 radical (unpaired) electrons. The summed E-state index contributed by atoms with van der Waals surface area (Å²) in [6, 6.07) is 24.3. The lowest BCUT2D eigenvalue weighted by Gasteiger charge is -2.30. The van der Waals surface area contributed by atoms with Gasteiger partial charge in [-0.1, -0.05) is 47.1 Å². The fourth-order valence-electron chi connectivity index (χ4n) is 4.14. The number of carbonyl (C=O) groups is 1. The van der Waals surface area contributed by atoms with Gasteiger partial charge in [-0.3, -0.25) is 9.69 Å². The van der Waals surface area contributed by atoms with Gasteiger partial charge in [-0.25, -0.2) is 0 Å². The highest BCUT2D eigenvalue weighted by Crippen LogP contribution is 2.25. The molecule has 8 heteroatoms. The molecule has 0 saturated carbocycles. The maximum absolute atomic E-state index is 12.9. The van der Waals surface area contributed by atoms with E-state index in [1.165, 1.54) is 0 Å². The molecule has 7 nitrogen and oxygen atoms in total. The van der Waals surface area contributed by atoms with Crippen LogP contribution in [0.15, 0.2) is 83.4 Å². The molecule has 0 aliphatic carbocycles. The Bertz CT molecular complexity index is 1280. The third kappa shape index (κ3) is 6.07. The average molecular weight is 489 g/mol. The van der Waals surface area contributed by atoms with E-state index in [4.69, 9.17) is 20.9 Å². The minimum atomic E-state index is -0.112. The monoisotopic (exact) mass is 488 g/mol. The summed E-state index contributed by atoms with van der Waals surface area (Å²) in [6.07, 6.45) is 1.77. The number of hydrogen-bond donors (Lipinski definition) is 1. The second kappa shape index (κ2) is 10.7. The van der Waals surface area contributed by atoms with E-state index in [9.17, 15) is 4.79 Å². The second-order valence-electron chi connectivity index (χ2n) is 8.53. The number of halogens is 1. The van der Waals surface area contributed by atoms with Crippen molar-refractivity contribution < 1.29 is 14.1 Å². The smallest absolute Gasteiger partial charge is 0.241 e. The average Bonchev–Trinajstić information content (AvgIpc) is 3.34. The van der Waals surface area contributed by atoms with Crippen LogP contribution in [0.5, 0.6) is 11.5 Å². The minimum absolute atomic E-state index is 0.0107. The van der Waals surface area contributed by atoms with E-state index < -0.39 is 0 Å². The number of aromatic nitrogens is 2. The lowest BCUT2D eigenvalue weighted by atomic mass is 9.97. The molecule has 0 bridgehead atoms. The predicted octanol–water partition coefficient (Wildman–Crippen LogP) is 6.03. The summed E-state index contributed by atoms with van der Waals surface area (Å²) in [5, 5.41) is 7.73. The summed E-state index contributed by atoms with van der Waals surface area (Å²) in [4.78, 5) is 19.6. The standard InChI is InChI=1S/C27H25ClN4O3/c28-21-8-4-6-19(16-21)26-30-25(35-31-26)18-32-15-5-7-20(17-32)27(33)29-22-11-13-24(14-12-22)34-23-9-2-1-3-10-23/h1-4,6,8-14,16,20H,5,7,15,17-18H2,(H,29,33). The lowest BCUT2D eigenvalue weighted by Crippen LogP contribution is -2.40. The topological polar surface area (TPSA) is 80.5 Å². The van der Waals surface area contributed by atoms with Crippen LogP contribution < -0.4 is 10.1 Å². The first-order valence-electron chi connectivity index (χ1n) is 11.6. The molecular weight excluding hydrogens is 464 g/mol. The summed E-state index contributed by atoms with van der Waals surface area (Å²) in [6.45, 7) is 2.02. The molecule has 35 heavy (non-hydrogen) atoms. The van der Waals surface area contributed by atoms with E-state index in [-0.39, 0.29) is 11.8 Å². The molecule has 1 aliphatic rings. The molecule has 2 heterocycles. The second-order valence-corrected chi connectivity index (χ2v) is 8.96. The van der Waals surface area contributed by atoms with Gasteiger partial charge in [0.15, 0.2) is 0 Å². The fourth-order valence-corrected chi connectivity index (χ4v) is 4.33. The number of hydrogen-bond acceptors (Lipinski definition) is 6. The number of ether oxygens (including phenoxy) is 1. The number of carbonyl (C=O) groups excluding carboxylic acids is 1. The van der Waals surface area contributed by atoms with Crippen LogP contribution in [0.2, 0.25) is 5.02 Å². The number of para-hydroxylation sites is 1. The van der Waals surface area contributed by atoms with Crippen molar-refractivity contribution in [2.24, 2.45) is 5.92 Å². The number of benzene rings is 3. The quantitative estimate of drug-likeness (QED) is 0.342. The van der Waals surface area contributed by atoms with E-state index in [0.717, 1.165) is 42.1 Å². The maximum atomic E-state index is 12.9. The Kier molecular flexibility index (Phi) is 7.07. The zero-order valence-electron chi connectivity index (χ0n) is 19.1. The van der Waals surface area contributed by atoms with Crippen molar-refractivity contribution in [3.63, 3.8) is 0 Å². The molecule has 1 fully saturated rings. The van der Waals surface area contributed by atoms with Crippen LogP contribution in [0.25, 0.3) is 11.4 Å². The van der Waals surface area contributed by atoms with E-state index in [1.54, 1.807) is 12.1 Å². The summed E-state index contributed by atoms with van der Waals surface area (Å²) in [5.41, 5.74) is 1.55. The van der Waals surface area contributed by atoms with Crippen LogP contribution in [0.3, 0.4) is 0 Å². The van der Waals surface area contributed by atoms with Crippen LogP contribution in [0.1, 0.15) is 18.7 Å². The van der Waals surface area contributed by atoms with Crippen molar-refractivity contribution in [2.45, 2.75) is 19.4 Å². The van der Waals surface area contributed by atoms with Gasteiger partial charge in [-0.2, -0.15) is 4.98 Å². The molecule has 5 rings (SSSR count). The van der Waals surface area contributed by atoms with Gasteiger partial charge >= 0.3 is 0 Å². The van der Waals surface area contributed by atoms with Gasteiger partial charge in [0.05, 0.1) is 12.5 Å². The molecule has 1 aliphatic heterocycles. The van der Waals surface area contributed by atoms with Gasteiger partial charge in [0.1, 0.15) is 11.5 Å². The molecule has 0 spiro atoms. The van der Waals surface area contributed by atoms with Gasteiger partial charge < -0.3 is 14.6 Å². The summed E-state index contributed by atoms with van der Waals surface area (Å²) in [7, 11) is 0. The molecule has 1 aromatic heterocycles. The van der Waals surface area contributed by atoms with Gasteiger partial charge in [-0.05, 0) is 67.9 Å². The molecule has 1 amide bonds. The molecule has 178 valence electrons. The van der Waals surface area contributed by atoms with Crippen molar-refractivity contribution in [1.29, 1.82) is 0 Å². The van der Waals surface area contributed by atoms with Crippen LogP contribution in [0, 0.1) is 5.92 Å². The van der Waals surface area contributed by atoms with Crippen LogP contribution in [0.4, 0.5) is 5.69 Å². The fraction of sp³-hybridized carbons (Fsp3) is 0.222. The zero-order chi connectivity index (χ0) is 24.0. The van der Waals surface area contributed by atoms with E-state index >= 15 is 0 Å². The zero-order valence-corrected chi connectivity index (χ0v) is 19.8. The van der Waals surface area contributed by atoms with E-state index in [2.05, 4.69) is 20.4 Å². The van der Waals surface area contributed by atoms with Gasteiger partial charge in [0, 0.05) is 22.8 Å². The third-order valence-electron chi connectivity index (χ3n) is 5.89. The molecule has 1 unspecified atom stereocenters. The summed E-state index contributed by atoms with van der Waals surface area (Å²) < 4.78 is 11.3. The first-order chi connectivity index (χ1) is 17.1. The highest BCUT2D eigenvalue weighted by Gasteiger charge is 2.27. The Balaban J connectivity index is 1.15. The number of likely N-dealkylation sites (tertiary alicyclic amines) is 1. The SMILES string of the molecule is O=C(Nc1ccc(Oc2ccccc2)cc1)C1CCCN(Cc2nc(-c3cccc(Cl)c3)no2)C1. The molecule has 3 aromatic carbocycles. The van der Waals surface area contributed by atoms with Crippen LogP contribution >= 0.6 is 11.6 Å². The number of nitrogens with zero attached hydrogens (tertiary/aromatic N) is 3. The van der Waals surface area contributed by atoms with Crippen molar-refractivity contribution >= 4 is 23.2 Å². The molecule has 1 N–H and O–H groups in total. The van der Waals surface area contributed by atoms with Crippen molar-refractivity contribution in [3.8, 4) is 22.9 Å². The summed E-state index contributed by atoms with van der Waals surface area (Å²) in [5.74, 6) is 2.42. The van der Waals surface area contributed by atoms with Crippen molar-refractivity contribution in [1.82, 2.24) is 15.0 Å². The van der Waals surface area contributed by atoms with Gasteiger partial charge in [-0.15, -0.1) is 0 Å². The number of nitrogens with one attached hydrogen (secondary N) is 1. The molecule has 1 saturated heterocycles. The Labute approximate surface area is 208 Å². The first kappa shape index (κ1) is 23.1. The number of amides is 1. The highest BCUT2D eigenvalue weighted by atomic mass is 35.5. The Morgan fingerprint density at radius 1 is 1.06 bits per heavy atom.